The average molecular weight is 595 g/mol. The van der Waals surface area contributed by atoms with Gasteiger partial charge in [-0.3, -0.25) is 0 Å². The number of nitrogens with one attached hydrogen (secondary N) is 1. The predicted molar refractivity (Wildman–Crippen MR) is 194 cm³/mol. The molecule has 6 rings (SSSR count). The summed E-state index contributed by atoms with van der Waals surface area (Å²) in [7, 11) is 0. The molecule has 0 bridgehead atoms. The zero-order valence-electron chi connectivity index (χ0n) is 28.2. The van der Waals surface area contributed by atoms with E-state index in [0.29, 0.717) is 0 Å². The Morgan fingerprint density at radius 3 is 1.69 bits per heavy atom. The molecule has 1 N–H and O–H groups in total. The molecule has 0 fully saturated rings. The first-order chi connectivity index (χ1) is 21.2. The Labute approximate surface area is 268 Å². The molecule has 5 aromatic carbocycles. The summed E-state index contributed by atoms with van der Waals surface area (Å²) in [4.78, 5) is 2.35. The molecule has 0 saturated carbocycles. The van der Waals surface area contributed by atoms with Gasteiger partial charge in [0.2, 0.25) is 0 Å². The van der Waals surface area contributed by atoms with Crippen LogP contribution in [0.1, 0.15) is 79.0 Å². The first kappa shape index (κ1) is 30.5. The van der Waals surface area contributed by atoms with Crippen molar-refractivity contribution in [3.63, 3.8) is 0 Å². The maximum absolute atomic E-state index is 6.59. The Bertz CT molecular complexity index is 1960. The van der Waals surface area contributed by atoms with E-state index in [1.165, 1.54) is 16.7 Å². The minimum atomic E-state index is -0.0599. The van der Waals surface area contributed by atoms with Crippen molar-refractivity contribution in [2.45, 2.75) is 78.6 Å². The van der Waals surface area contributed by atoms with Gasteiger partial charge in [-0.1, -0.05) is 117 Å². The molecule has 0 radical (unpaired) electrons. The van der Waals surface area contributed by atoms with Gasteiger partial charge in [0, 0.05) is 33.5 Å². The largest absolute Gasteiger partial charge is 0.454 e. The SMILES string of the molecule is CC(C)(C)c1ccc(Nc2cc(N(c3ccc(C(C)(C)C)cc3)c3cccc4c3oc3ccccc34)cc(C(C)(C)C)c2)cc1. The van der Waals surface area contributed by atoms with Crippen LogP contribution in [0.5, 0.6) is 0 Å². The van der Waals surface area contributed by atoms with E-state index in [0.717, 1.165) is 50.4 Å². The molecule has 3 heteroatoms. The van der Waals surface area contributed by atoms with Gasteiger partial charge in [0.05, 0.1) is 5.69 Å². The molecule has 0 unspecified atom stereocenters. The van der Waals surface area contributed by atoms with Crippen molar-refractivity contribution in [1.29, 1.82) is 0 Å². The van der Waals surface area contributed by atoms with E-state index in [2.05, 4.69) is 176 Å². The highest BCUT2D eigenvalue weighted by Crippen LogP contribution is 2.44. The number of rotatable bonds is 5. The standard InChI is InChI=1S/C42H46N2O/c1-40(2,3)28-17-21-31(22-18-28)43-32-25-30(42(7,8)9)26-34(27-32)44(33-23-19-29(20-24-33)41(4,5)6)37-15-12-14-36-35-13-10-11-16-38(35)45-39(36)37/h10-27,43H,1-9H3. The number of para-hydroxylation sites is 2. The van der Waals surface area contributed by atoms with E-state index >= 15 is 0 Å². The van der Waals surface area contributed by atoms with Gasteiger partial charge < -0.3 is 14.6 Å². The molecule has 0 aliphatic carbocycles. The molecule has 45 heavy (non-hydrogen) atoms. The number of anilines is 5. The van der Waals surface area contributed by atoms with Gasteiger partial charge in [-0.05, 0) is 87.5 Å². The Morgan fingerprint density at radius 2 is 1.07 bits per heavy atom. The van der Waals surface area contributed by atoms with Crippen LogP contribution in [0.15, 0.2) is 114 Å². The second-order valence-corrected chi connectivity index (χ2v) is 15.4. The lowest BCUT2D eigenvalue weighted by molar-refractivity contribution is 0.590. The highest BCUT2D eigenvalue weighted by molar-refractivity contribution is 6.10. The quantitative estimate of drug-likeness (QED) is 0.215. The summed E-state index contributed by atoms with van der Waals surface area (Å²) in [5.41, 5.74) is 11.1. The monoisotopic (exact) mass is 594 g/mol. The van der Waals surface area contributed by atoms with Crippen molar-refractivity contribution < 1.29 is 4.42 Å². The van der Waals surface area contributed by atoms with Crippen molar-refractivity contribution in [2.75, 3.05) is 10.2 Å². The van der Waals surface area contributed by atoms with Gasteiger partial charge >= 0.3 is 0 Å². The van der Waals surface area contributed by atoms with Gasteiger partial charge in [0.1, 0.15) is 5.58 Å². The summed E-state index contributed by atoms with van der Waals surface area (Å²) in [5.74, 6) is 0. The predicted octanol–water partition coefficient (Wildman–Crippen LogP) is 12.7. The maximum Gasteiger partial charge on any atom is 0.159 e. The molecule has 6 aromatic rings. The van der Waals surface area contributed by atoms with Crippen LogP contribution >= 0.6 is 0 Å². The zero-order chi connectivity index (χ0) is 32.1. The van der Waals surface area contributed by atoms with Gasteiger partial charge in [0.25, 0.3) is 0 Å². The minimum absolute atomic E-state index is 0.0599. The number of nitrogens with zero attached hydrogens (tertiary/aromatic N) is 1. The molecule has 0 aliphatic heterocycles. The van der Waals surface area contributed by atoms with Crippen LogP contribution < -0.4 is 10.2 Å². The first-order valence-electron chi connectivity index (χ1n) is 16.0. The van der Waals surface area contributed by atoms with Crippen molar-refractivity contribution >= 4 is 50.4 Å². The van der Waals surface area contributed by atoms with Crippen LogP contribution in [0.3, 0.4) is 0 Å². The molecular weight excluding hydrogens is 548 g/mol. The minimum Gasteiger partial charge on any atom is -0.454 e. The van der Waals surface area contributed by atoms with E-state index in [9.17, 15) is 0 Å². The zero-order valence-corrected chi connectivity index (χ0v) is 28.2. The van der Waals surface area contributed by atoms with Crippen molar-refractivity contribution in [2.24, 2.45) is 0 Å². The fourth-order valence-electron chi connectivity index (χ4n) is 5.91. The molecule has 3 nitrogen and oxygen atoms in total. The molecular formula is C42H46N2O. The second kappa shape index (κ2) is 11.1. The first-order valence-corrected chi connectivity index (χ1v) is 16.0. The Hall–Kier alpha value is -4.50. The Balaban J connectivity index is 1.55. The number of hydrogen-bond acceptors (Lipinski definition) is 3. The van der Waals surface area contributed by atoms with Gasteiger partial charge in [-0.15, -0.1) is 0 Å². The third kappa shape index (κ3) is 6.22. The van der Waals surface area contributed by atoms with E-state index in [1.54, 1.807) is 0 Å². The summed E-state index contributed by atoms with van der Waals surface area (Å²) in [6.45, 7) is 20.3. The molecule has 0 amide bonds. The average Bonchev–Trinajstić information content (AvgIpc) is 3.36. The van der Waals surface area contributed by atoms with E-state index in [4.69, 9.17) is 4.42 Å². The number of fused-ring (bicyclic) bond motifs is 3. The fraction of sp³-hybridized carbons (Fsp3) is 0.286. The van der Waals surface area contributed by atoms with Crippen molar-refractivity contribution in [3.8, 4) is 0 Å². The van der Waals surface area contributed by atoms with Crippen LogP contribution in [0.4, 0.5) is 28.4 Å². The summed E-state index contributed by atoms with van der Waals surface area (Å²) in [6, 6.07) is 39.4. The van der Waals surface area contributed by atoms with E-state index in [-0.39, 0.29) is 16.2 Å². The molecule has 0 spiro atoms. The van der Waals surface area contributed by atoms with Gasteiger partial charge in [-0.25, -0.2) is 0 Å². The van der Waals surface area contributed by atoms with Crippen LogP contribution in [-0.2, 0) is 16.2 Å². The van der Waals surface area contributed by atoms with Crippen LogP contribution in [-0.4, -0.2) is 0 Å². The lowest BCUT2D eigenvalue weighted by atomic mass is 9.86. The molecule has 1 heterocycles. The molecule has 0 atom stereocenters. The highest BCUT2D eigenvalue weighted by atomic mass is 16.3. The van der Waals surface area contributed by atoms with Crippen LogP contribution in [0.25, 0.3) is 21.9 Å². The fourth-order valence-corrected chi connectivity index (χ4v) is 5.91. The van der Waals surface area contributed by atoms with Crippen LogP contribution in [0, 0.1) is 0 Å². The molecule has 1 aromatic heterocycles. The molecule has 0 saturated heterocycles. The van der Waals surface area contributed by atoms with Crippen LogP contribution in [0.2, 0.25) is 0 Å². The summed E-state index contributed by atoms with van der Waals surface area (Å²) < 4.78 is 6.59. The number of benzene rings is 5. The van der Waals surface area contributed by atoms with Crippen molar-refractivity contribution in [3.05, 3.63) is 126 Å². The molecule has 0 aliphatic rings. The normalized spacial score (nSPS) is 12.6. The van der Waals surface area contributed by atoms with E-state index in [1.807, 2.05) is 6.07 Å². The number of furan rings is 1. The summed E-state index contributed by atoms with van der Waals surface area (Å²) in [6.07, 6.45) is 0. The third-order valence-corrected chi connectivity index (χ3v) is 8.70. The lowest BCUT2D eigenvalue weighted by Gasteiger charge is -2.29. The van der Waals surface area contributed by atoms with Crippen molar-refractivity contribution in [1.82, 2.24) is 0 Å². The molecule has 230 valence electrons. The topological polar surface area (TPSA) is 28.4 Å². The Kier molecular flexibility index (Phi) is 7.56. The Morgan fingerprint density at radius 1 is 0.489 bits per heavy atom. The van der Waals surface area contributed by atoms with Gasteiger partial charge in [-0.2, -0.15) is 0 Å². The lowest BCUT2D eigenvalue weighted by Crippen LogP contribution is -2.16. The summed E-state index contributed by atoms with van der Waals surface area (Å²) in [5, 5.41) is 5.97. The third-order valence-electron chi connectivity index (χ3n) is 8.70. The van der Waals surface area contributed by atoms with Gasteiger partial charge in [0.15, 0.2) is 5.58 Å². The maximum atomic E-state index is 6.59. The second-order valence-electron chi connectivity index (χ2n) is 15.4. The smallest absolute Gasteiger partial charge is 0.159 e. The summed E-state index contributed by atoms with van der Waals surface area (Å²) >= 11 is 0. The van der Waals surface area contributed by atoms with E-state index < -0.39 is 0 Å². The highest BCUT2D eigenvalue weighted by Gasteiger charge is 2.24. The number of hydrogen-bond donors (Lipinski definition) is 1.